The maximum atomic E-state index is 12.3. The minimum absolute atomic E-state index is 0.298. The molecule has 2 rings (SSSR count). The number of aliphatic hydroxyl groups is 4. The first-order valence-corrected chi connectivity index (χ1v) is 9.86. The van der Waals surface area contributed by atoms with Gasteiger partial charge in [-0.1, -0.05) is 24.3 Å². The quantitative estimate of drug-likeness (QED) is 0.407. The summed E-state index contributed by atoms with van der Waals surface area (Å²) in [6, 6.07) is 10.7. The Bertz CT molecular complexity index is 835. The lowest BCUT2D eigenvalue weighted by Crippen LogP contribution is -2.22. The van der Waals surface area contributed by atoms with Crippen molar-refractivity contribution in [2.45, 2.75) is 32.5 Å². The minimum atomic E-state index is -1.13. The first-order chi connectivity index (χ1) is 14.7. The molecule has 2 atom stereocenters. The lowest BCUT2D eigenvalue weighted by Gasteiger charge is -2.13. The van der Waals surface area contributed by atoms with Crippen LogP contribution >= 0.6 is 0 Å². The Hall–Kier alpha value is -2.78. The van der Waals surface area contributed by atoms with E-state index in [-0.39, 0.29) is 13.2 Å². The highest BCUT2D eigenvalue weighted by Crippen LogP contribution is 2.19. The van der Waals surface area contributed by atoms with Crippen molar-refractivity contribution in [1.29, 1.82) is 0 Å². The molecule has 2 aromatic carbocycles. The van der Waals surface area contributed by atoms with Crippen molar-refractivity contribution in [3.63, 3.8) is 0 Å². The highest BCUT2D eigenvalue weighted by Gasteiger charge is 2.16. The van der Waals surface area contributed by atoms with Crippen LogP contribution in [-0.4, -0.2) is 71.0 Å². The molecule has 0 aliphatic heterocycles. The molecule has 0 radical (unpaired) electrons. The van der Waals surface area contributed by atoms with Crippen LogP contribution in [0, 0.1) is 13.8 Å². The molecule has 0 bridgehead atoms. The number of rotatable bonds is 10. The second-order valence-electron chi connectivity index (χ2n) is 7.35. The zero-order chi connectivity index (χ0) is 23.0. The topological polar surface area (TPSA) is 134 Å². The van der Waals surface area contributed by atoms with Gasteiger partial charge in [-0.15, -0.1) is 0 Å². The Labute approximate surface area is 180 Å². The van der Waals surface area contributed by atoms with Crippen LogP contribution in [-0.2, 0) is 15.9 Å². The Balaban J connectivity index is 2.15. The van der Waals surface area contributed by atoms with E-state index < -0.39 is 37.4 Å². The molecule has 0 saturated carbocycles. The van der Waals surface area contributed by atoms with E-state index in [4.69, 9.17) is 19.7 Å². The van der Waals surface area contributed by atoms with Crippen molar-refractivity contribution in [2.24, 2.45) is 0 Å². The highest BCUT2D eigenvalue weighted by atomic mass is 16.5. The largest absolute Gasteiger partial charge is 0.459 e. The van der Waals surface area contributed by atoms with Gasteiger partial charge in [-0.25, -0.2) is 9.59 Å². The van der Waals surface area contributed by atoms with E-state index in [0.29, 0.717) is 28.7 Å². The van der Waals surface area contributed by atoms with Gasteiger partial charge in [0.2, 0.25) is 0 Å². The van der Waals surface area contributed by atoms with E-state index in [1.165, 1.54) is 0 Å². The summed E-state index contributed by atoms with van der Waals surface area (Å²) in [7, 11) is 0. The molecule has 168 valence electrons. The van der Waals surface area contributed by atoms with Gasteiger partial charge < -0.3 is 29.9 Å². The molecule has 0 fully saturated rings. The van der Waals surface area contributed by atoms with Crippen LogP contribution in [0.25, 0.3) is 0 Å². The lowest BCUT2D eigenvalue weighted by molar-refractivity contribution is 0.00894. The Morgan fingerprint density at radius 2 is 1.16 bits per heavy atom. The Morgan fingerprint density at radius 3 is 1.52 bits per heavy atom. The Morgan fingerprint density at radius 1 is 0.774 bits per heavy atom. The number of hydrogen-bond acceptors (Lipinski definition) is 8. The van der Waals surface area contributed by atoms with E-state index in [1.54, 1.807) is 38.1 Å². The summed E-state index contributed by atoms with van der Waals surface area (Å²) < 4.78 is 10.1. The van der Waals surface area contributed by atoms with Crippen LogP contribution < -0.4 is 0 Å². The average Bonchev–Trinajstić information content (AvgIpc) is 2.77. The Kier molecular flexibility index (Phi) is 9.14. The molecular formula is C23H28O8. The maximum Gasteiger partial charge on any atom is 0.338 e. The second-order valence-corrected chi connectivity index (χ2v) is 7.35. The number of esters is 2. The molecule has 8 nitrogen and oxygen atoms in total. The summed E-state index contributed by atoms with van der Waals surface area (Å²) in [4.78, 5) is 24.6. The van der Waals surface area contributed by atoms with E-state index in [0.717, 1.165) is 11.1 Å². The predicted molar refractivity (Wildman–Crippen MR) is 112 cm³/mol. The monoisotopic (exact) mass is 432 g/mol. The standard InChI is InChI=1S/C23H28O8/c1-14-3-5-16(8-20(14)22(28)30-12-18(26)10-24)7-17-6-4-15(2)21(9-17)23(29)31-13-19(27)11-25/h3-6,8-9,18-19,24-27H,7,10-13H2,1-2H3. The van der Waals surface area contributed by atoms with Crippen molar-refractivity contribution in [2.75, 3.05) is 26.4 Å². The van der Waals surface area contributed by atoms with Crippen LogP contribution in [0.3, 0.4) is 0 Å². The van der Waals surface area contributed by atoms with Crippen molar-refractivity contribution in [1.82, 2.24) is 0 Å². The fourth-order valence-corrected chi connectivity index (χ4v) is 2.84. The summed E-state index contributed by atoms with van der Waals surface area (Å²) >= 11 is 0. The van der Waals surface area contributed by atoms with Crippen LogP contribution in [0.2, 0.25) is 0 Å². The molecule has 0 amide bonds. The molecule has 0 saturated heterocycles. The first-order valence-electron chi connectivity index (χ1n) is 9.86. The van der Waals surface area contributed by atoms with Gasteiger partial charge in [-0.05, 0) is 54.7 Å². The van der Waals surface area contributed by atoms with Gasteiger partial charge in [0.05, 0.1) is 24.3 Å². The molecule has 4 N–H and O–H groups in total. The summed E-state index contributed by atoms with van der Waals surface area (Å²) in [6.07, 6.45) is -1.81. The zero-order valence-corrected chi connectivity index (χ0v) is 17.6. The molecule has 31 heavy (non-hydrogen) atoms. The second kappa shape index (κ2) is 11.6. The van der Waals surface area contributed by atoms with Crippen LogP contribution in [0.15, 0.2) is 36.4 Å². The molecule has 0 aromatic heterocycles. The number of carbonyl (C=O) groups excluding carboxylic acids is 2. The predicted octanol–water partition coefficient (Wildman–Crippen LogP) is 0.914. The lowest BCUT2D eigenvalue weighted by atomic mass is 9.97. The van der Waals surface area contributed by atoms with Gasteiger partial charge >= 0.3 is 11.9 Å². The molecular weight excluding hydrogens is 404 g/mol. The molecule has 0 aliphatic carbocycles. The summed E-state index contributed by atoms with van der Waals surface area (Å²) in [5.74, 6) is -1.19. The third kappa shape index (κ3) is 7.15. The molecule has 0 spiro atoms. The van der Waals surface area contributed by atoms with Crippen LogP contribution in [0.5, 0.6) is 0 Å². The third-order valence-corrected chi connectivity index (χ3v) is 4.69. The summed E-state index contributed by atoms with van der Waals surface area (Å²) in [5.41, 5.74) is 3.77. The number of ether oxygens (including phenoxy) is 2. The molecule has 0 heterocycles. The van der Waals surface area contributed by atoms with E-state index in [2.05, 4.69) is 0 Å². The smallest absolute Gasteiger partial charge is 0.338 e. The van der Waals surface area contributed by atoms with E-state index in [9.17, 15) is 19.8 Å². The van der Waals surface area contributed by atoms with Gasteiger partial charge in [0.1, 0.15) is 25.4 Å². The van der Waals surface area contributed by atoms with Crippen molar-refractivity contribution in [3.8, 4) is 0 Å². The summed E-state index contributed by atoms with van der Waals surface area (Å²) in [6.45, 7) is 1.95. The number of carbonyl (C=O) groups is 2. The third-order valence-electron chi connectivity index (χ3n) is 4.69. The molecule has 8 heteroatoms. The normalized spacial score (nSPS) is 12.8. The molecule has 2 aromatic rings. The van der Waals surface area contributed by atoms with Gasteiger partial charge in [0, 0.05) is 0 Å². The fourth-order valence-electron chi connectivity index (χ4n) is 2.84. The van der Waals surface area contributed by atoms with E-state index in [1.807, 2.05) is 12.1 Å². The number of aryl methyl sites for hydroxylation is 2. The fraction of sp³-hybridized carbons (Fsp3) is 0.391. The van der Waals surface area contributed by atoms with Gasteiger partial charge in [-0.3, -0.25) is 0 Å². The number of aliphatic hydroxyl groups excluding tert-OH is 4. The van der Waals surface area contributed by atoms with Crippen molar-refractivity contribution < 1.29 is 39.5 Å². The minimum Gasteiger partial charge on any atom is -0.459 e. The SMILES string of the molecule is Cc1ccc(Cc2ccc(C)c(C(=O)OCC(O)CO)c2)cc1C(=O)OCC(O)CO. The zero-order valence-electron chi connectivity index (χ0n) is 17.6. The van der Waals surface area contributed by atoms with Crippen LogP contribution in [0.4, 0.5) is 0 Å². The van der Waals surface area contributed by atoms with Crippen molar-refractivity contribution in [3.05, 3.63) is 69.8 Å². The molecule has 2 unspecified atom stereocenters. The van der Waals surface area contributed by atoms with Gasteiger partial charge in [-0.2, -0.15) is 0 Å². The summed E-state index contributed by atoms with van der Waals surface area (Å²) in [5, 5.41) is 36.4. The van der Waals surface area contributed by atoms with Gasteiger partial charge in [0.15, 0.2) is 0 Å². The number of hydrogen-bond donors (Lipinski definition) is 4. The maximum absolute atomic E-state index is 12.3. The molecule has 0 aliphatic rings. The van der Waals surface area contributed by atoms with Crippen molar-refractivity contribution >= 4 is 11.9 Å². The first kappa shape index (κ1) is 24.5. The van der Waals surface area contributed by atoms with E-state index >= 15 is 0 Å². The highest BCUT2D eigenvalue weighted by molar-refractivity contribution is 5.92. The van der Waals surface area contributed by atoms with Crippen LogP contribution in [0.1, 0.15) is 43.0 Å². The average molecular weight is 432 g/mol. The van der Waals surface area contributed by atoms with Gasteiger partial charge in [0.25, 0.3) is 0 Å². The number of benzene rings is 2.